The smallest absolute Gasteiger partial charge is 0.356 e. The quantitative estimate of drug-likeness (QED) is 0.430. The van der Waals surface area contributed by atoms with Gasteiger partial charge in [-0.3, -0.25) is 4.99 Å². The van der Waals surface area contributed by atoms with E-state index >= 15 is 0 Å². The van der Waals surface area contributed by atoms with Crippen molar-refractivity contribution in [3.8, 4) is 0 Å². The number of likely N-dealkylation sites (N-methyl/N-ethyl adjacent to an activating group) is 1. The molecule has 0 spiro atoms. The summed E-state index contributed by atoms with van der Waals surface area (Å²) >= 11 is 0. The van der Waals surface area contributed by atoms with Crippen LogP contribution in [-0.4, -0.2) is 69.1 Å². The van der Waals surface area contributed by atoms with E-state index in [1.165, 1.54) is 6.07 Å². The number of rotatable bonds is 7. The SMILES string of the molecule is CN=C(NCCCCN1CCN(C)CC1)NCc1cccc(C(F)(F)F)c1. The number of nitrogens with one attached hydrogen (secondary N) is 2. The molecule has 0 amide bonds. The van der Waals surface area contributed by atoms with E-state index in [1.807, 2.05) is 0 Å². The van der Waals surface area contributed by atoms with E-state index in [9.17, 15) is 13.2 Å². The van der Waals surface area contributed by atoms with Crippen LogP contribution in [0.3, 0.4) is 0 Å². The summed E-state index contributed by atoms with van der Waals surface area (Å²) < 4.78 is 38.3. The van der Waals surface area contributed by atoms with Crippen LogP contribution in [0.4, 0.5) is 13.2 Å². The van der Waals surface area contributed by atoms with Gasteiger partial charge in [0.2, 0.25) is 0 Å². The standard InChI is InChI=1S/C19H30F3N5/c1-23-18(24-8-3-4-9-27-12-10-26(2)11-13-27)25-15-16-6-5-7-17(14-16)19(20,21)22/h5-7,14H,3-4,8-13,15H2,1-2H3,(H2,23,24,25). The molecule has 0 radical (unpaired) electrons. The van der Waals surface area contributed by atoms with Crippen molar-refractivity contribution in [3.63, 3.8) is 0 Å². The third kappa shape index (κ3) is 7.76. The van der Waals surface area contributed by atoms with Crippen LogP contribution in [0.25, 0.3) is 0 Å². The first-order chi connectivity index (χ1) is 12.9. The van der Waals surface area contributed by atoms with Gasteiger partial charge in [-0.2, -0.15) is 13.2 Å². The number of hydrogen-bond acceptors (Lipinski definition) is 3. The number of guanidine groups is 1. The van der Waals surface area contributed by atoms with Crippen LogP contribution in [-0.2, 0) is 12.7 Å². The molecule has 5 nitrogen and oxygen atoms in total. The first-order valence-electron chi connectivity index (χ1n) is 9.40. The molecule has 0 saturated carbocycles. The third-order valence-corrected chi connectivity index (χ3v) is 4.73. The fraction of sp³-hybridized carbons (Fsp3) is 0.632. The summed E-state index contributed by atoms with van der Waals surface area (Å²) in [5.74, 6) is 0.604. The Morgan fingerprint density at radius 3 is 2.52 bits per heavy atom. The van der Waals surface area contributed by atoms with Gasteiger partial charge in [0.25, 0.3) is 0 Å². The maximum Gasteiger partial charge on any atom is 0.416 e. The highest BCUT2D eigenvalue weighted by Gasteiger charge is 2.30. The van der Waals surface area contributed by atoms with Crippen molar-refractivity contribution in [2.45, 2.75) is 25.6 Å². The fourth-order valence-electron chi connectivity index (χ4n) is 3.00. The lowest BCUT2D eigenvalue weighted by Crippen LogP contribution is -2.44. The van der Waals surface area contributed by atoms with Crippen molar-refractivity contribution in [2.24, 2.45) is 4.99 Å². The van der Waals surface area contributed by atoms with E-state index in [1.54, 1.807) is 13.1 Å². The highest BCUT2D eigenvalue weighted by Crippen LogP contribution is 2.29. The van der Waals surface area contributed by atoms with Gasteiger partial charge in [0.1, 0.15) is 0 Å². The van der Waals surface area contributed by atoms with Crippen LogP contribution < -0.4 is 10.6 Å². The van der Waals surface area contributed by atoms with E-state index < -0.39 is 11.7 Å². The first kappa shape index (κ1) is 21.5. The molecule has 8 heteroatoms. The normalized spacial score (nSPS) is 17.1. The second-order valence-electron chi connectivity index (χ2n) is 6.90. The van der Waals surface area contributed by atoms with Crippen molar-refractivity contribution in [2.75, 3.05) is 53.4 Å². The molecule has 152 valence electrons. The third-order valence-electron chi connectivity index (χ3n) is 4.73. The summed E-state index contributed by atoms with van der Waals surface area (Å²) in [6, 6.07) is 5.34. The molecule has 1 aliphatic heterocycles. The van der Waals surface area contributed by atoms with Gasteiger partial charge in [-0.25, -0.2) is 0 Å². The molecule has 27 heavy (non-hydrogen) atoms. The van der Waals surface area contributed by atoms with Crippen molar-refractivity contribution in [1.82, 2.24) is 20.4 Å². The van der Waals surface area contributed by atoms with Crippen molar-refractivity contribution in [3.05, 3.63) is 35.4 Å². The molecule has 1 heterocycles. The number of benzene rings is 1. The zero-order valence-electron chi connectivity index (χ0n) is 16.1. The van der Waals surface area contributed by atoms with Gasteiger partial charge >= 0.3 is 6.18 Å². The van der Waals surface area contributed by atoms with Crippen molar-refractivity contribution >= 4 is 5.96 Å². The number of nitrogens with zero attached hydrogens (tertiary/aromatic N) is 3. The summed E-state index contributed by atoms with van der Waals surface area (Å²) in [7, 11) is 3.81. The van der Waals surface area contributed by atoms with E-state index in [0.717, 1.165) is 64.2 Å². The number of halogens is 3. The maximum atomic E-state index is 12.8. The summed E-state index contributed by atoms with van der Waals surface area (Å²) in [4.78, 5) is 8.96. The molecular weight excluding hydrogens is 355 g/mol. The first-order valence-corrected chi connectivity index (χ1v) is 9.40. The average Bonchev–Trinajstić information content (AvgIpc) is 2.65. The fourth-order valence-corrected chi connectivity index (χ4v) is 3.00. The molecule has 0 aliphatic carbocycles. The Morgan fingerprint density at radius 2 is 1.85 bits per heavy atom. The van der Waals surface area contributed by atoms with Gasteiger partial charge in [-0.1, -0.05) is 12.1 Å². The molecule has 0 aromatic heterocycles. The zero-order chi connectivity index (χ0) is 19.7. The molecule has 1 saturated heterocycles. The maximum absolute atomic E-state index is 12.8. The van der Waals surface area contributed by atoms with E-state index in [2.05, 4.69) is 32.5 Å². The summed E-state index contributed by atoms with van der Waals surface area (Å²) in [6.07, 6.45) is -2.18. The minimum absolute atomic E-state index is 0.297. The lowest BCUT2D eigenvalue weighted by atomic mass is 10.1. The molecular formula is C19H30F3N5. The molecule has 0 unspecified atom stereocenters. The highest BCUT2D eigenvalue weighted by molar-refractivity contribution is 5.79. The van der Waals surface area contributed by atoms with Crippen LogP contribution in [0.15, 0.2) is 29.3 Å². The lowest BCUT2D eigenvalue weighted by Gasteiger charge is -2.32. The number of alkyl halides is 3. The van der Waals surface area contributed by atoms with Crippen LogP contribution in [0, 0.1) is 0 Å². The van der Waals surface area contributed by atoms with Crippen LogP contribution in [0.2, 0.25) is 0 Å². The van der Waals surface area contributed by atoms with E-state index in [0.29, 0.717) is 18.1 Å². The molecule has 0 atom stereocenters. The molecule has 1 aromatic carbocycles. The Labute approximate surface area is 159 Å². The zero-order valence-corrected chi connectivity index (χ0v) is 16.1. The molecule has 2 rings (SSSR count). The van der Waals surface area contributed by atoms with Crippen LogP contribution in [0.5, 0.6) is 0 Å². The summed E-state index contributed by atoms with van der Waals surface area (Å²) in [5.41, 5.74) is -0.0588. The Hall–Kier alpha value is -1.80. The van der Waals surface area contributed by atoms with Crippen molar-refractivity contribution < 1.29 is 13.2 Å². The Balaban J connectivity index is 1.64. The summed E-state index contributed by atoms with van der Waals surface area (Å²) in [6.45, 7) is 6.70. The lowest BCUT2D eigenvalue weighted by molar-refractivity contribution is -0.137. The van der Waals surface area contributed by atoms with Crippen LogP contribution in [0.1, 0.15) is 24.0 Å². The van der Waals surface area contributed by atoms with Crippen molar-refractivity contribution in [1.29, 1.82) is 0 Å². The number of unbranched alkanes of at least 4 members (excludes halogenated alkanes) is 1. The van der Waals surface area contributed by atoms with Gasteiger partial charge in [0, 0.05) is 46.3 Å². The molecule has 2 N–H and O–H groups in total. The topological polar surface area (TPSA) is 42.9 Å². The Bertz CT molecular complexity index is 595. The van der Waals surface area contributed by atoms with Gasteiger partial charge in [-0.05, 0) is 44.1 Å². The monoisotopic (exact) mass is 385 g/mol. The van der Waals surface area contributed by atoms with E-state index in [-0.39, 0.29) is 0 Å². The largest absolute Gasteiger partial charge is 0.416 e. The summed E-state index contributed by atoms with van der Waals surface area (Å²) in [5, 5.41) is 6.28. The second kappa shape index (κ2) is 10.5. The minimum Gasteiger partial charge on any atom is -0.356 e. The minimum atomic E-state index is -4.32. The Morgan fingerprint density at radius 1 is 1.11 bits per heavy atom. The molecule has 1 aliphatic rings. The predicted molar refractivity (Wildman–Crippen MR) is 103 cm³/mol. The second-order valence-corrected chi connectivity index (χ2v) is 6.90. The van der Waals surface area contributed by atoms with Gasteiger partial charge in [-0.15, -0.1) is 0 Å². The Kier molecular flexibility index (Phi) is 8.37. The molecule has 1 fully saturated rings. The highest BCUT2D eigenvalue weighted by atomic mass is 19.4. The van der Waals surface area contributed by atoms with Gasteiger partial charge in [0.05, 0.1) is 5.56 Å². The molecule has 1 aromatic rings. The average molecular weight is 385 g/mol. The number of hydrogen-bond donors (Lipinski definition) is 2. The van der Waals surface area contributed by atoms with E-state index in [4.69, 9.17) is 0 Å². The number of piperazine rings is 1. The van der Waals surface area contributed by atoms with Crippen LogP contribution >= 0.6 is 0 Å². The van der Waals surface area contributed by atoms with Gasteiger partial charge in [0.15, 0.2) is 5.96 Å². The van der Waals surface area contributed by atoms with Gasteiger partial charge < -0.3 is 20.4 Å². The molecule has 0 bridgehead atoms. The number of aliphatic imine (C=N–C) groups is 1. The predicted octanol–water partition coefficient (Wildman–Crippen LogP) is 2.40.